The molecule has 0 saturated carbocycles. The van der Waals surface area contributed by atoms with Gasteiger partial charge in [-0.05, 0) is 29.8 Å². The first-order valence-electron chi connectivity index (χ1n) is 7.30. The Balaban J connectivity index is 2.19. The summed E-state index contributed by atoms with van der Waals surface area (Å²) in [5.41, 5.74) is 8.18. The molecule has 24 heavy (non-hydrogen) atoms. The standard InChI is InChI=1S/C17H19FN6/c1-11(14-6-7-16(24-14)17(21)23-10-20)12(8-19)9-22-15-5-3-2-4-13(15)18/h2-11,19,22,24H,1H3,(H3,20,21,23)/b12-9+,19-8?. The largest absolute Gasteiger partial charge is 0.382 e. The molecule has 1 atom stereocenters. The number of H-pyrrole nitrogens is 1. The van der Waals surface area contributed by atoms with Crippen LogP contribution >= 0.6 is 0 Å². The molecule has 1 aromatic heterocycles. The van der Waals surface area contributed by atoms with Crippen molar-refractivity contribution in [2.24, 2.45) is 10.7 Å². The van der Waals surface area contributed by atoms with E-state index in [2.05, 4.69) is 15.3 Å². The summed E-state index contributed by atoms with van der Waals surface area (Å²) < 4.78 is 13.6. The van der Waals surface area contributed by atoms with Crippen molar-refractivity contribution in [1.82, 2.24) is 4.98 Å². The van der Waals surface area contributed by atoms with Gasteiger partial charge in [0.1, 0.15) is 18.0 Å². The second-order valence-corrected chi connectivity index (χ2v) is 5.11. The lowest BCUT2D eigenvalue weighted by molar-refractivity contribution is 0.632. The molecule has 0 bridgehead atoms. The molecule has 0 amide bonds. The first-order chi connectivity index (χ1) is 11.6. The predicted molar refractivity (Wildman–Crippen MR) is 95.6 cm³/mol. The minimum atomic E-state index is -0.358. The van der Waals surface area contributed by atoms with Gasteiger partial charge >= 0.3 is 0 Å². The molecule has 7 heteroatoms. The predicted octanol–water partition coefficient (Wildman–Crippen LogP) is 3.22. The van der Waals surface area contributed by atoms with Crippen LogP contribution in [0, 0.1) is 16.6 Å². The summed E-state index contributed by atoms with van der Waals surface area (Å²) in [5, 5.41) is 17.4. The average molecular weight is 326 g/mol. The molecule has 0 aliphatic carbocycles. The van der Waals surface area contributed by atoms with Gasteiger partial charge in [0.15, 0.2) is 0 Å². The van der Waals surface area contributed by atoms with Gasteiger partial charge in [-0.15, -0.1) is 0 Å². The number of nitrogens with two attached hydrogens (primary N) is 1. The highest BCUT2D eigenvalue weighted by atomic mass is 19.1. The van der Waals surface area contributed by atoms with Crippen molar-refractivity contribution in [1.29, 1.82) is 10.8 Å². The van der Waals surface area contributed by atoms with Gasteiger partial charge in [0.2, 0.25) is 0 Å². The summed E-state index contributed by atoms with van der Waals surface area (Å²) in [6, 6.07) is 9.94. The van der Waals surface area contributed by atoms with Crippen molar-refractivity contribution < 1.29 is 4.39 Å². The quantitative estimate of drug-likeness (QED) is 0.397. The summed E-state index contributed by atoms with van der Waals surface area (Å²) in [4.78, 5) is 6.83. The van der Waals surface area contributed by atoms with Crippen LogP contribution in [0.3, 0.4) is 0 Å². The Morgan fingerprint density at radius 3 is 2.71 bits per heavy atom. The van der Waals surface area contributed by atoms with Gasteiger partial charge in [-0.25, -0.2) is 9.38 Å². The lowest BCUT2D eigenvalue weighted by Gasteiger charge is -2.12. The summed E-state index contributed by atoms with van der Waals surface area (Å²) in [6.07, 6.45) is 3.69. The van der Waals surface area contributed by atoms with Crippen molar-refractivity contribution in [3.05, 3.63) is 65.4 Å². The molecule has 124 valence electrons. The Bertz CT molecular complexity index is 790. The van der Waals surface area contributed by atoms with Crippen LogP contribution in [0.2, 0.25) is 0 Å². The molecule has 6 nitrogen and oxygen atoms in total. The SMILES string of the molecule is CC(/C(C=N)=C/Nc1ccccc1F)c1ccc(/C(N)=N\C=N)[nH]1. The third-order valence-corrected chi connectivity index (χ3v) is 3.59. The van der Waals surface area contributed by atoms with E-state index in [0.717, 1.165) is 12.0 Å². The number of amidine groups is 1. The third kappa shape index (κ3) is 3.95. The van der Waals surface area contributed by atoms with E-state index in [4.69, 9.17) is 16.6 Å². The number of aliphatic imine (C=N–C) groups is 1. The topological polar surface area (TPSA) is 114 Å². The molecule has 0 fully saturated rings. The number of allylic oxidation sites excluding steroid dienone is 1. The van der Waals surface area contributed by atoms with Crippen molar-refractivity contribution in [2.45, 2.75) is 12.8 Å². The highest BCUT2D eigenvalue weighted by Gasteiger charge is 2.13. The maximum absolute atomic E-state index is 13.6. The number of anilines is 1. The Labute approximate surface area is 139 Å². The van der Waals surface area contributed by atoms with E-state index in [1.165, 1.54) is 12.3 Å². The maximum Gasteiger partial charge on any atom is 0.148 e. The van der Waals surface area contributed by atoms with Gasteiger partial charge in [-0.3, -0.25) is 5.41 Å². The van der Waals surface area contributed by atoms with Crippen LogP contribution in [0.25, 0.3) is 0 Å². The van der Waals surface area contributed by atoms with Crippen LogP contribution in [0.5, 0.6) is 0 Å². The molecular weight excluding hydrogens is 307 g/mol. The van der Waals surface area contributed by atoms with Crippen molar-refractivity contribution in [3.63, 3.8) is 0 Å². The first kappa shape index (κ1) is 17.1. The highest BCUT2D eigenvalue weighted by Crippen LogP contribution is 2.23. The zero-order valence-corrected chi connectivity index (χ0v) is 13.2. The number of para-hydroxylation sites is 1. The van der Waals surface area contributed by atoms with Gasteiger partial charge in [0.05, 0.1) is 11.4 Å². The molecule has 0 aliphatic rings. The second kappa shape index (κ2) is 7.87. The Kier molecular flexibility index (Phi) is 5.62. The third-order valence-electron chi connectivity index (χ3n) is 3.59. The number of hydrogen-bond donors (Lipinski definition) is 5. The zero-order chi connectivity index (χ0) is 17.5. The van der Waals surface area contributed by atoms with Crippen LogP contribution in [0.1, 0.15) is 24.2 Å². The van der Waals surface area contributed by atoms with Gasteiger partial charge in [-0.2, -0.15) is 0 Å². The molecular formula is C17H19FN6. The minimum absolute atomic E-state index is 0.136. The van der Waals surface area contributed by atoms with Crippen LogP contribution in [-0.2, 0) is 0 Å². The van der Waals surface area contributed by atoms with E-state index in [0.29, 0.717) is 17.0 Å². The number of aromatic nitrogens is 1. The number of hydrogen-bond acceptors (Lipinski definition) is 3. The van der Waals surface area contributed by atoms with Crippen molar-refractivity contribution in [2.75, 3.05) is 5.32 Å². The molecule has 0 radical (unpaired) electrons. The molecule has 0 spiro atoms. The van der Waals surface area contributed by atoms with E-state index in [-0.39, 0.29) is 17.6 Å². The fourth-order valence-electron chi connectivity index (χ4n) is 2.16. The van der Waals surface area contributed by atoms with E-state index < -0.39 is 0 Å². The van der Waals surface area contributed by atoms with E-state index in [1.807, 2.05) is 13.0 Å². The number of halogens is 1. The molecule has 2 aromatic rings. The van der Waals surface area contributed by atoms with Crippen molar-refractivity contribution >= 4 is 24.1 Å². The summed E-state index contributed by atoms with van der Waals surface area (Å²) in [7, 11) is 0. The van der Waals surface area contributed by atoms with Crippen LogP contribution in [-0.4, -0.2) is 23.4 Å². The van der Waals surface area contributed by atoms with Gasteiger partial charge in [0, 0.05) is 24.0 Å². The van der Waals surface area contributed by atoms with E-state index in [9.17, 15) is 4.39 Å². The van der Waals surface area contributed by atoms with Crippen LogP contribution < -0.4 is 11.1 Å². The lowest BCUT2D eigenvalue weighted by Crippen LogP contribution is -2.14. The lowest BCUT2D eigenvalue weighted by atomic mass is 9.99. The van der Waals surface area contributed by atoms with Gasteiger partial charge in [-0.1, -0.05) is 19.1 Å². The van der Waals surface area contributed by atoms with Crippen LogP contribution in [0.15, 0.2) is 53.2 Å². The Morgan fingerprint density at radius 2 is 2.04 bits per heavy atom. The molecule has 1 aromatic carbocycles. The first-order valence-corrected chi connectivity index (χ1v) is 7.30. The normalized spacial score (nSPS) is 13.4. The molecule has 0 saturated heterocycles. The highest BCUT2D eigenvalue weighted by molar-refractivity contribution is 5.99. The molecule has 6 N–H and O–H groups in total. The summed E-state index contributed by atoms with van der Waals surface area (Å²) in [5.74, 6) is -0.278. The van der Waals surface area contributed by atoms with Gasteiger partial charge < -0.3 is 21.4 Å². The zero-order valence-electron chi connectivity index (χ0n) is 13.2. The van der Waals surface area contributed by atoms with Crippen molar-refractivity contribution in [3.8, 4) is 0 Å². The number of rotatable bonds is 7. The average Bonchev–Trinajstić information content (AvgIpc) is 3.07. The Hall–Kier alpha value is -3.22. The number of aromatic amines is 1. The second-order valence-electron chi connectivity index (χ2n) is 5.11. The molecule has 1 unspecified atom stereocenters. The molecule has 1 heterocycles. The Morgan fingerprint density at radius 1 is 1.29 bits per heavy atom. The number of benzene rings is 1. The summed E-state index contributed by atoms with van der Waals surface area (Å²) >= 11 is 0. The number of nitrogens with one attached hydrogen (secondary N) is 4. The monoisotopic (exact) mass is 326 g/mol. The fraction of sp³-hybridized carbons (Fsp3) is 0.118. The molecule has 0 aliphatic heterocycles. The summed E-state index contributed by atoms with van der Waals surface area (Å²) in [6.45, 7) is 1.92. The van der Waals surface area contributed by atoms with E-state index >= 15 is 0 Å². The smallest absolute Gasteiger partial charge is 0.148 e. The fourth-order valence-corrected chi connectivity index (χ4v) is 2.16. The van der Waals surface area contributed by atoms with E-state index in [1.54, 1.807) is 30.5 Å². The van der Waals surface area contributed by atoms with Gasteiger partial charge in [0.25, 0.3) is 0 Å². The molecule has 2 rings (SSSR count). The minimum Gasteiger partial charge on any atom is -0.382 e. The number of nitrogens with zero attached hydrogens (tertiary/aromatic N) is 1. The maximum atomic E-state index is 13.6. The van der Waals surface area contributed by atoms with Crippen LogP contribution in [0.4, 0.5) is 10.1 Å².